The lowest BCUT2D eigenvalue weighted by molar-refractivity contribution is -0.736. The smallest absolute Gasteiger partial charge is 0.128 e. The number of rotatable bonds is 7. The number of nitrogens with two attached hydrogens (primary N) is 1. The van der Waals surface area contributed by atoms with E-state index in [9.17, 15) is 5.11 Å². The molecule has 3 heteroatoms. The Morgan fingerprint density at radius 1 is 1.00 bits per heavy atom. The molecule has 0 amide bonds. The van der Waals surface area contributed by atoms with E-state index in [0.717, 1.165) is 23.4 Å². The maximum absolute atomic E-state index is 9.33. The fourth-order valence-electron chi connectivity index (χ4n) is 2.00. The van der Waals surface area contributed by atoms with Gasteiger partial charge in [0, 0.05) is 5.56 Å². The van der Waals surface area contributed by atoms with Crippen molar-refractivity contribution in [3.8, 4) is 5.75 Å². The van der Waals surface area contributed by atoms with Crippen LogP contribution in [0.15, 0.2) is 54.6 Å². The maximum atomic E-state index is 9.33. The molecule has 0 unspecified atom stereocenters. The van der Waals surface area contributed by atoms with E-state index >= 15 is 0 Å². The molecule has 2 aromatic carbocycles. The molecule has 112 valence electrons. The predicted molar refractivity (Wildman–Crippen MR) is 84.0 cm³/mol. The fraction of sp³-hybridized carbons (Fsp3) is 0.333. The van der Waals surface area contributed by atoms with Crippen molar-refractivity contribution in [3.05, 3.63) is 65.7 Å². The molecule has 0 radical (unpaired) electrons. The van der Waals surface area contributed by atoms with Crippen LogP contribution in [-0.4, -0.2) is 17.3 Å². The molecule has 0 aromatic heterocycles. The van der Waals surface area contributed by atoms with Crippen LogP contribution in [-0.2, 0) is 13.2 Å². The van der Waals surface area contributed by atoms with E-state index in [1.165, 1.54) is 0 Å². The zero-order valence-corrected chi connectivity index (χ0v) is 12.8. The molecule has 2 rings (SSSR count). The van der Waals surface area contributed by atoms with Crippen molar-refractivity contribution < 1.29 is 15.2 Å². The van der Waals surface area contributed by atoms with Gasteiger partial charge in [-0.1, -0.05) is 42.5 Å². The van der Waals surface area contributed by atoms with E-state index in [1.807, 2.05) is 50.2 Å². The average molecular weight is 286 g/mol. The lowest BCUT2D eigenvalue weighted by Gasteiger charge is -2.20. The highest BCUT2D eigenvalue weighted by Crippen LogP contribution is 2.18. The molecule has 0 spiro atoms. The molecule has 3 N–H and O–H groups in total. The molecule has 0 aliphatic rings. The Bertz CT molecular complexity index is 552. The Morgan fingerprint density at radius 2 is 1.67 bits per heavy atom. The molecule has 0 aliphatic heterocycles. The maximum Gasteiger partial charge on any atom is 0.128 e. The Labute approximate surface area is 126 Å². The monoisotopic (exact) mass is 286 g/mol. The summed E-state index contributed by atoms with van der Waals surface area (Å²) in [5, 5.41) is 11.5. The van der Waals surface area contributed by atoms with Crippen LogP contribution in [0.25, 0.3) is 0 Å². The van der Waals surface area contributed by atoms with Crippen LogP contribution in [0, 0.1) is 0 Å². The van der Waals surface area contributed by atoms with Gasteiger partial charge in [0.15, 0.2) is 0 Å². The zero-order valence-electron chi connectivity index (χ0n) is 12.8. The first-order valence-corrected chi connectivity index (χ1v) is 7.30. The quantitative estimate of drug-likeness (QED) is 0.819. The van der Waals surface area contributed by atoms with E-state index in [4.69, 9.17) is 4.74 Å². The Hall–Kier alpha value is -1.84. The second-order valence-corrected chi connectivity index (χ2v) is 5.94. The van der Waals surface area contributed by atoms with Gasteiger partial charge in [0.05, 0.1) is 6.61 Å². The summed E-state index contributed by atoms with van der Waals surface area (Å²) in [6, 6.07) is 18.2. The van der Waals surface area contributed by atoms with E-state index in [-0.39, 0.29) is 12.1 Å². The summed E-state index contributed by atoms with van der Waals surface area (Å²) >= 11 is 0. The van der Waals surface area contributed by atoms with Crippen molar-refractivity contribution in [1.82, 2.24) is 0 Å². The van der Waals surface area contributed by atoms with E-state index in [1.54, 1.807) is 0 Å². The summed E-state index contributed by atoms with van der Waals surface area (Å²) in [5.41, 5.74) is 2.13. The zero-order chi connectivity index (χ0) is 15.1. The summed E-state index contributed by atoms with van der Waals surface area (Å²) in [6.45, 7) is 5.57. The Morgan fingerprint density at radius 3 is 2.38 bits per heavy atom. The van der Waals surface area contributed by atoms with Gasteiger partial charge in [0.1, 0.15) is 24.4 Å². The molecule has 0 atom stereocenters. The minimum absolute atomic E-state index is 0.153. The third kappa shape index (κ3) is 4.88. The summed E-state index contributed by atoms with van der Waals surface area (Å²) in [7, 11) is 0. The van der Waals surface area contributed by atoms with Crippen molar-refractivity contribution in [2.75, 3.05) is 6.61 Å². The highest BCUT2D eigenvalue weighted by atomic mass is 16.5. The minimum atomic E-state index is -0.174. The number of hydrogen-bond donors (Lipinski definition) is 2. The first-order valence-electron chi connectivity index (χ1n) is 7.30. The Balaban J connectivity index is 2.00. The van der Waals surface area contributed by atoms with Gasteiger partial charge in [-0.15, -0.1) is 0 Å². The van der Waals surface area contributed by atoms with Crippen molar-refractivity contribution in [3.63, 3.8) is 0 Å². The van der Waals surface area contributed by atoms with Crippen LogP contribution in [0.2, 0.25) is 0 Å². The minimum Gasteiger partial charge on any atom is -0.488 e. The second-order valence-electron chi connectivity index (χ2n) is 5.94. The van der Waals surface area contributed by atoms with Gasteiger partial charge < -0.3 is 15.2 Å². The standard InChI is InChI=1S/C18H23NO2/c1-18(2,14-20)19-12-16-10-6-7-11-17(16)21-13-15-8-4-3-5-9-15/h3-11,19-20H,12-14H2,1-2H3/p+1. The van der Waals surface area contributed by atoms with Gasteiger partial charge in [-0.25, -0.2) is 0 Å². The van der Waals surface area contributed by atoms with Gasteiger partial charge in [0.25, 0.3) is 0 Å². The largest absolute Gasteiger partial charge is 0.488 e. The van der Waals surface area contributed by atoms with Gasteiger partial charge in [-0.2, -0.15) is 0 Å². The number of para-hydroxylation sites is 1. The van der Waals surface area contributed by atoms with Crippen LogP contribution in [0.4, 0.5) is 0 Å². The highest BCUT2D eigenvalue weighted by molar-refractivity contribution is 5.32. The van der Waals surface area contributed by atoms with E-state index in [0.29, 0.717) is 6.61 Å². The first-order chi connectivity index (χ1) is 10.1. The normalized spacial score (nSPS) is 11.4. The number of aliphatic hydroxyl groups is 1. The molecule has 3 nitrogen and oxygen atoms in total. The molecule has 2 aromatic rings. The molecule has 0 fully saturated rings. The first kappa shape index (κ1) is 15.5. The van der Waals surface area contributed by atoms with E-state index < -0.39 is 0 Å². The molecule has 0 heterocycles. The van der Waals surface area contributed by atoms with E-state index in [2.05, 4.69) is 23.5 Å². The predicted octanol–water partition coefficient (Wildman–Crippen LogP) is 2.10. The fourth-order valence-corrected chi connectivity index (χ4v) is 2.00. The number of ether oxygens (including phenoxy) is 1. The average Bonchev–Trinajstić information content (AvgIpc) is 2.53. The van der Waals surface area contributed by atoms with Crippen molar-refractivity contribution in [1.29, 1.82) is 0 Å². The van der Waals surface area contributed by atoms with Crippen LogP contribution in [0.3, 0.4) is 0 Å². The summed E-state index contributed by atoms with van der Waals surface area (Å²) in [4.78, 5) is 0. The van der Waals surface area contributed by atoms with Crippen molar-refractivity contribution >= 4 is 0 Å². The summed E-state index contributed by atoms with van der Waals surface area (Å²) in [6.07, 6.45) is 0. The molecular formula is C18H24NO2+. The molecule has 0 saturated heterocycles. The van der Waals surface area contributed by atoms with Crippen LogP contribution in [0.5, 0.6) is 5.75 Å². The lowest BCUT2D eigenvalue weighted by atomic mass is 10.1. The highest BCUT2D eigenvalue weighted by Gasteiger charge is 2.20. The summed E-state index contributed by atoms with van der Waals surface area (Å²) in [5.74, 6) is 0.909. The molecule has 21 heavy (non-hydrogen) atoms. The SMILES string of the molecule is CC(C)(CO)[NH2+]Cc1ccccc1OCc1ccccc1. The van der Waals surface area contributed by atoms with Gasteiger partial charge in [-0.05, 0) is 31.5 Å². The molecular weight excluding hydrogens is 262 g/mol. The van der Waals surface area contributed by atoms with Crippen LogP contribution in [0.1, 0.15) is 25.0 Å². The van der Waals surface area contributed by atoms with Gasteiger partial charge in [-0.3, -0.25) is 0 Å². The van der Waals surface area contributed by atoms with Crippen molar-refractivity contribution in [2.45, 2.75) is 32.5 Å². The third-order valence-electron chi connectivity index (χ3n) is 3.49. The Kier molecular flexibility index (Phi) is 5.37. The second kappa shape index (κ2) is 7.25. The molecule has 0 bridgehead atoms. The molecule has 0 aliphatic carbocycles. The van der Waals surface area contributed by atoms with Crippen molar-refractivity contribution in [2.24, 2.45) is 0 Å². The van der Waals surface area contributed by atoms with Crippen LogP contribution < -0.4 is 10.1 Å². The van der Waals surface area contributed by atoms with Crippen LogP contribution >= 0.6 is 0 Å². The number of quaternary nitrogens is 1. The lowest BCUT2D eigenvalue weighted by Crippen LogP contribution is -2.95. The van der Waals surface area contributed by atoms with Gasteiger partial charge >= 0.3 is 0 Å². The number of aliphatic hydroxyl groups excluding tert-OH is 1. The number of hydrogen-bond acceptors (Lipinski definition) is 2. The topological polar surface area (TPSA) is 46.1 Å². The summed E-state index contributed by atoms with van der Waals surface area (Å²) < 4.78 is 5.94. The molecule has 0 saturated carbocycles. The van der Waals surface area contributed by atoms with Gasteiger partial charge in [0.2, 0.25) is 0 Å². The third-order valence-corrected chi connectivity index (χ3v) is 3.49. The number of benzene rings is 2.